The lowest BCUT2D eigenvalue weighted by Crippen LogP contribution is -2.50. The molecule has 1 saturated heterocycles. The van der Waals surface area contributed by atoms with Crippen molar-refractivity contribution in [3.63, 3.8) is 0 Å². The fraction of sp³-hybridized carbons (Fsp3) is 0.636. The highest BCUT2D eigenvalue weighted by Crippen LogP contribution is 2.27. The largest absolute Gasteiger partial charge is 0.378 e. The Bertz CT molecular complexity index is 901. The van der Waals surface area contributed by atoms with E-state index >= 15 is 0 Å². The molecule has 0 aromatic carbocycles. The Balaban J connectivity index is 1.32. The number of aryl methyl sites for hydroxylation is 1. The first-order valence-electron chi connectivity index (χ1n) is 11.5. The Morgan fingerprint density at radius 1 is 1.16 bits per heavy atom. The molecule has 10 nitrogen and oxygen atoms in total. The van der Waals surface area contributed by atoms with E-state index in [9.17, 15) is 4.79 Å². The Hall–Kier alpha value is -2.88. The molecule has 3 N–H and O–H groups in total. The molecule has 1 aliphatic carbocycles. The zero-order valence-corrected chi connectivity index (χ0v) is 19.2. The van der Waals surface area contributed by atoms with Crippen LogP contribution in [0.4, 0.5) is 16.6 Å². The molecule has 0 atom stereocenters. The monoisotopic (exact) mass is 442 g/mol. The number of carbonyl (C=O) groups excluding carboxylic acids is 1. The molecule has 1 aliphatic heterocycles. The number of amides is 2. The molecule has 0 radical (unpaired) electrons. The number of hydrogen-bond acceptors (Lipinski definition) is 7. The lowest BCUT2D eigenvalue weighted by molar-refractivity contribution is 0.0521. The van der Waals surface area contributed by atoms with Crippen LogP contribution >= 0.6 is 0 Å². The Kier molecular flexibility index (Phi) is 7.09. The smallest absolute Gasteiger partial charge is 0.317 e. The van der Waals surface area contributed by atoms with Crippen LogP contribution in [0.3, 0.4) is 0 Å². The zero-order valence-electron chi connectivity index (χ0n) is 19.2. The van der Waals surface area contributed by atoms with Crippen LogP contribution in [0.25, 0.3) is 11.3 Å². The maximum absolute atomic E-state index is 12.4. The van der Waals surface area contributed by atoms with Gasteiger partial charge in [-0.05, 0) is 45.6 Å². The van der Waals surface area contributed by atoms with E-state index in [1.54, 1.807) is 6.20 Å². The molecule has 174 valence electrons. The van der Waals surface area contributed by atoms with Crippen LogP contribution in [0.15, 0.2) is 18.5 Å². The summed E-state index contributed by atoms with van der Waals surface area (Å²) >= 11 is 0. The van der Waals surface area contributed by atoms with Crippen molar-refractivity contribution in [2.45, 2.75) is 57.7 Å². The van der Waals surface area contributed by atoms with Crippen molar-refractivity contribution in [3.05, 3.63) is 18.5 Å². The van der Waals surface area contributed by atoms with E-state index in [2.05, 4.69) is 39.9 Å². The fourth-order valence-electron chi connectivity index (χ4n) is 4.24. The first-order chi connectivity index (χ1) is 15.5. The van der Waals surface area contributed by atoms with Gasteiger partial charge >= 0.3 is 6.03 Å². The van der Waals surface area contributed by atoms with Crippen molar-refractivity contribution < 1.29 is 9.53 Å². The average Bonchev–Trinajstić information content (AvgIpc) is 3.15. The van der Waals surface area contributed by atoms with E-state index < -0.39 is 0 Å². The molecule has 2 aromatic rings. The second kappa shape index (κ2) is 10.2. The average molecular weight is 443 g/mol. The molecule has 1 saturated carbocycles. The van der Waals surface area contributed by atoms with Gasteiger partial charge in [-0.2, -0.15) is 5.10 Å². The van der Waals surface area contributed by atoms with Crippen LogP contribution in [-0.4, -0.2) is 75.1 Å². The molecule has 0 spiro atoms. The number of rotatable bonds is 6. The van der Waals surface area contributed by atoms with Gasteiger partial charge in [0, 0.05) is 44.5 Å². The minimum absolute atomic E-state index is 0.0306. The number of ether oxygens (including phenoxy) is 1. The molecule has 2 aliphatic rings. The van der Waals surface area contributed by atoms with Gasteiger partial charge in [0.2, 0.25) is 5.95 Å². The molecule has 2 amide bonds. The van der Waals surface area contributed by atoms with Gasteiger partial charge in [-0.15, -0.1) is 0 Å². The summed E-state index contributed by atoms with van der Waals surface area (Å²) in [6, 6.07) is 2.75. The van der Waals surface area contributed by atoms with Crippen LogP contribution in [0.1, 0.15) is 39.5 Å². The topological polar surface area (TPSA) is 109 Å². The molecule has 3 heterocycles. The Morgan fingerprint density at radius 3 is 2.59 bits per heavy atom. The number of morpholine rings is 1. The highest BCUT2D eigenvalue weighted by atomic mass is 16.5. The van der Waals surface area contributed by atoms with Gasteiger partial charge in [-0.3, -0.25) is 4.68 Å². The summed E-state index contributed by atoms with van der Waals surface area (Å²) in [5.74, 6) is 1.57. The highest BCUT2D eigenvalue weighted by Gasteiger charge is 2.25. The van der Waals surface area contributed by atoms with E-state index in [0.29, 0.717) is 44.3 Å². The number of urea groups is 1. The molecule has 10 heteroatoms. The summed E-state index contributed by atoms with van der Waals surface area (Å²) in [4.78, 5) is 23.4. The van der Waals surface area contributed by atoms with Crippen LogP contribution in [0.2, 0.25) is 0 Å². The highest BCUT2D eigenvalue weighted by molar-refractivity contribution is 5.74. The number of carbonyl (C=O) groups is 1. The molecule has 0 unspecified atom stereocenters. The van der Waals surface area contributed by atoms with E-state index in [0.717, 1.165) is 42.8 Å². The number of nitrogens with one attached hydrogen (secondary N) is 3. The lowest BCUT2D eigenvalue weighted by Gasteiger charge is -2.33. The van der Waals surface area contributed by atoms with Crippen LogP contribution in [0.5, 0.6) is 0 Å². The minimum atomic E-state index is 0.0306. The van der Waals surface area contributed by atoms with Crippen molar-refractivity contribution in [1.29, 1.82) is 0 Å². The SMILES string of the molecule is CC(C)Nc1c(-c2ccnc(NC3CCC(NC(=O)N4CCOCC4)CC3)n2)cnn1C. The van der Waals surface area contributed by atoms with E-state index in [1.807, 2.05) is 28.9 Å². The first kappa shape index (κ1) is 22.3. The van der Waals surface area contributed by atoms with Crippen LogP contribution < -0.4 is 16.0 Å². The normalized spacial score (nSPS) is 21.4. The Morgan fingerprint density at radius 2 is 1.88 bits per heavy atom. The van der Waals surface area contributed by atoms with Gasteiger partial charge in [0.15, 0.2) is 0 Å². The molecule has 32 heavy (non-hydrogen) atoms. The third-order valence-corrected chi connectivity index (χ3v) is 5.98. The maximum Gasteiger partial charge on any atom is 0.317 e. The van der Waals surface area contributed by atoms with Gasteiger partial charge in [0.25, 0.3) is 0 Å². The molecular formula is C22H34N8O2. The van der Waals surface area contributed by atoms with Gasteiger partial charge in [0.05, 0.1) is 30.7 Å². The summed E-state index contributed by atoms with van der Waals surface area (Å²) in [5, 5.41) is 14.5. The second-order valence-corrected chi connectivity index (χ2v) is 8.84. The zero-order chi connectivity index (χ0) is 22.5. The summed E-state index contributed by atoms with van der Waals surface area (Å²) in [6.07, 6.45) is 7.44. The minimum Gasteiger partial charge on any atom is -0.378 e. The van der Waals surface area contributed by atoms with Crippen molar-refractivity contribution >= 4 is 17.8 Å². The van der Waals surface area contributed by atoms with Crippen molar-refractivity contribution in [2.24, 2.45) is 7.05 Å². The Labute approximate surface area is 189 Å². The van der Waals surface area contributed by atoms with Gasteiger partial charge in [0.1, 0.15) is 5.82 Å². The molecule has 2 fully saturated rings. The third kappa shape index (κ3) is 5.48. The summed E-state index contributed by atoms with van der Waals surface area (Å²) in [7, 11) is 1.92. The molecule has 4 rings (SSSR count). The number of nitrogens with zero attached hydrogens (tertiary/aromatic N) is 5. The molecular weight excluding hydrogens is 408 g/mol. The van der Waals surface area contributed by atoms with E-state index in [-0.39, 0.29) is 12.1 Å². The number of aromatic nitrogens is 4. The van der Waals surface area contributed by atoms with Crippen molar-refractivity contribution in [1.82, 2.24) is 30.0 Å². The number of anilines is 2. The number of hydrogen-bond donors (Lipinski definition) is 3. The summed E-state index contributed by atoms with van der Waals surface area (Å²) in [6.45, 7) is 6.78. The maximum atomic E-state index is 12.4. The third-order valence-electron chi connectivity index (χ3n) is 5.98. The summed E-state index contributed by atoms with van der Waals surface area (Å²) < 4.78 is 7.15. The van der Waals surface area contributed by atoms with E-state index in [1.165, 1.54) is 0 Å². The summed E-state index contributed by atoms with van der Waals surface area (Å²) in [5.41, 5.74) is 1.80. The van der Waals surface area contributed by atoms with Gasteiger partial charge < -0.3 is 25.6 Å². The lowest BCUT2D eigenvalue weighted by atomic mass is 9.91. The quantitative estimate of drug-likeness (QED) is 0.630. The van der Waals surface area contributed by atoms with Gasteiger partial charge in [-0.1, -0.05) is 0 Å². The standard InChI is InChI=1S/C22H34N8O2/c1-15(2)25-20-18(14-24-29(20)3)19-8-9-23-21(28-19)26-16-4-6-17(7-5-16)27-22(31)30-10-12-32-13-11-30/h8-9,14-17,25H,4-7,10-13H2,1-3H3,(H,27,31)(H,23,26,28). The fourth-order valence-corrected chi connectivity index (χ4v) is 4.24. The first-order valence-corrected chi connectivity index (χ1v) is 11.5. The van der Waals surface area contributed by atoms with Crippen molar-refractivity contribution in [2.75, 3.05) is 36.9 Å². The van der Waals surface area contributed by atoms with Crippen LogP contribution in [-0.2, 0) is 11.8 Å². The van der Waals surface area contributed by atoms with Gasteiger partial charge in [-0.25, -0.2) is 14.8 Å². The van der Waals surface area contributed by atoms with Crippen LogP contribution in [0, 0.1) is 0 Å². The molecule has 0 bridgehead atoms. The predicted molar refractivity (Wildman–Crippen MR) is 124 cm³/mol. The van der Waals surface area contributed by atoms with E-state index in [4.69, 9.17) is 9.72 Å². The van der Waals surface area contributed by atoms with Crippen molar-refractivity contribution in [3.8, 4) is 11.3 Å². The predicted octanol–water partition coefficient (Wildman–Crippen LogP) is 2.46. The second-order valence-electron chi connectivity index (χ2n) is 8.84. The molecule has 2 aromatic heterocycles.